The van der Waals surface area contributed by atoms with Crippen LogP contribution >= 0.6 is 27.7 Å². The number of hydrogen-bond acceptors (Lipinski definition) is 4. The zero-order valence-electron chi connectivity index (χ0n) is 11.3. The molecule has 1 unspecified atom stereocenters. The van der Waals surface area contributed by atoms with E-state index in [2.05, 4.69) is 63.6 Å². The molecule has 0 bridgehead atoms. The van der Waals surface area contributed by atoms with Crippen LogP contribution in [0.25, 0.3) is 0 Å². The highest BCUT2D eigenvalue weighted by Crippen LogP contribution is 2.20. The van der Waals surface area contributed by atoms with E-state index in [-0.39, 0.29) is 6.04 Å². The molecule has 0 amide bonds. The molecule has 2 rings (SSSR count). The summed E-state index contributed by atoms with van der Waals surface area (Å²) in [7, 11) is 0. The van der Waals surface area contributed by atoms with Gasteiger partial charge in [-0.3, -0.25) is 16.3 Å². The molecule has 3 N–H and O–H groups in total. The highest BCUT2D eigenvalue weighted by atomic mass is 79.9. The maximum Gasteiger partial charge on any atom is 0.0410 e. The van der Waals surface area contributed by atoms with E-state index in [1.807, 2.05) is 18.0 Å². The fourth-order valence-corrected chi connectivity index (χ4v) is 3.20. The molecule has 0 saturated heterocycles. The third-order valence-corrected chi connectivity index (χ3v) is 4.56. The molecular formula is C15H18BrN3S. The number of hydrazine groups is 1. The van der Waals surface area contributed by atoms with Crippen molar-refractivity contribution in [2.45, 2.75) is 24.3 Å². The van der Waals surface area contributed by atoms with Gasteiger partial charge >= 0.3 is 0 Å². The third kappa shape index (κ3) is 4.90. The first-order valence-electron chi connectivity index (χ1n) is 6.42. The van der Waals surface area contributed by atoms with E-state index in [9.17, 15) is 0 Å². The fourth-order valence-electron chi connectivity index (χ4n) is 1.85. The summed E-state index contributed by atoms with van der Waals surface area (Å²) in [6.07, 6.45) is 4.53. The average molecular weight is 352 g/mol. The Morgan fingerprint density at radius 2 is 2.05 bits per heavy atom. The fraction of sp³-hybridized carbons (Fsp3) is 0.267. The van der Waals surface area contributed by atoms with Gasteiger partial charge in [0.25, 0.3) is 0 Å². The van der Waals surface area contributed by atoms with Crippen LogP contribution in [-0.4, -0.2) is 16.8 Å². The quantitative estimate of drug-likeness (QED) is 0.476. The van der Waals surface area contributed by atoms with E-state index in [1.54, 1.807) is 6.20 Å². The number of halogens is 1. The van der Waals surface area contributed by atoms with Gasteiger partial charge in [-0.05, 0) is 53.0 Å². The number of aromatic nitrogens is 1. The van der Waals surface area contributed by atoms with Crippen LogP contribution in [0.5, 0.6) is 0 Å². The monoisotopic (exact) mass is 351 g/mol. The molecule has 1 aromatic carbocycles. The lowest BCUT2D eigenvalue weighted by Gasteiger charge is -2.15. The van der Waals surface area contributed by atoms with Crippen molar-refractivity contribution in [2.75, 3.05) is 5.75 Å². The molecule has 1 aromatic heterocycles. The second-order valence-electron chi connectivity index (χ2n) is 4.70. The number of aryl methyl sites for hydroxylation is 1. The molecule has 0 aliphatic rings. The van der Waals surface area contributed by atoms with Crippen LogP contribution in [-0.2, 0) is 6.42 Å². The van der Waals surface area contributed by atoms with Gasteiger partial charge in [0, 0.05) is 33.6 Å². The van der Waals surface area contributed by atoms with Crippen molar-refractivity contribution in [2.24, 2.45) is 5.84 Å². The van der Waals surface area contributed by atoms with E-state index < -0.39 is 0 Å². The maximum absolute atomic E-state index is 5.65. The summed E-state index contributed by atoms with van der Waals surface area (Å²) in [6, 6.07) is 10.9. The van der Waals surface area contributed by atoms with E-state index >= 15 is 0 Å². The van der Waals surface area contributed by atoms with Gasteiger partial charge < -0.3 is 0 Å². The van der Waals surface area contributed by atoms with Crippen molar-refractivity contribution in [1.29, 1.82) is 0 Å². The van der Waals surface area contributed by atoms with Crippen molar-refractivity contribution in [3.05, 3.63) is 58.3 Å². The number of rotatable bonds is 6. The molecule has 1 heterocycles. The molecule has 20 heavy (non-hydrogen) atoms. The van der Waals surface area contributed by atoms with E-state index in [1.165, 1.54) is 16.0 Å². The standard InChI is InChI=1S/C15H18BrN3S/c1-11-2-4-15(5-3-11)20-10-14(19-17)7-12-6-13(16)9-18-8-12/h2-6,8-9,14,19H,7,10,17H2,1H3. The number of benzene rings is 1. The van der Waals surface area contributed by atoms with Crippen LogP contribution in [0.2, 0.25) is 0 Å². The first-order valence-corrected chi connectivity index (χ1v) is 8.20. The van der Waals surface area contributed by atoms with Crippen LogP contribution in [0.4, 0.5) is 0 Å². The van der Waals surface area contributed by atoms with Gasteiger partial charge in [-0.15, -0.1) is 11.8 Å². The summed E-state index contributed by atoms with van der Waals surface area (Å²) in [5, 5.41) is 0. The van der Waals surface area contributed by atoms with Crippen LogP contribution in [0, 0.1) is 6.92 Å². The zero-order chi connectivity index (χ0) is 14.4. The first kappa shape index (κ1) is 15.5. The van der Waals surface area contributed by atoms with Crippen LogP contribution in [0.3, 0.4) is 0 Å². The van der Waals surface area contributed by atoms with Crippen LogP contribution in [0.15, 0.2) is 52.1 Å². The van der Waals surface area contributed by atoms with E-state index in [0.29, 0.717) is 0 Å². The lowest BCUT2D eigenvalue weighted by atomic mass is 10.1. The van der Waals surface area contributed by atoms with E-state index in [4.69, 9.17) is 5.84 Å². The number of thioether (sulfide) groups is 1. The summed E-state index contributed by atoms with van der Waals surface area (Å²) in [6.45, 7) is 2.10. The Balaban J connectivity index is 1.90. The lowest BCUT2D eigenvalue weighted by molar-refractivity contribution is 0.574. The Bertz CT molecular complexity index is 545. The minimum absolute atomic E-state index is 0.220. The molecule has 0 aliphatic heterocycles. The first-order chi connectivity index (χ1) is 9.67. The van der Waals surface area contributed by atoms with Crippen molar-refractivity contribution in [3.63, 3.8) is 0 Å². The Labute approximate surface area is 132 Å². The Morgan fingerprint density at radius 3 is 2.70 bits per heavy atom. The molecule has 3 nitrogen and oxygen atoms in total. The molecule has 0 spiro atoms. The maximum atomic E-state index is 5.65. The average Bonchev–Trinajstić information content (AvgIpc) is 2.45. The van der Waals surface area contributed by atoms with Gasteiger partial charge in [-0.1, -0.05) is 17.7 Å². The molecule has 0 saturated carbocycles. The normalized spacial score (nSPS) is 12.3. The molecular weight excluding hydrogens is 334 g/mol. The minimum Gasteiger partial charge on any atom is -0.271 e. The molecule has 0 aliphatic carbocycles. The summed E-state index contributed by atoms with van der Waals surface area (Å²) in [5.41, 5.74) is 5.34. The van der Waals surface area contributed by atoms with Crippen molar-refractivity contribution >= 4 is 27.7 Å². The number of nitrogens with two attached hydrogens (primary N) is 1. The van der Waals surface area contributed by atoms with E-state index in [0.717, 1.165) is 16.6 Å². The zero-order valence-corrected chi connectivity index (χ0v) is 13.7. The van der Waals surface area contributed by atoms with Crippen LogP contribution < -0.4 is 11.3 Å². The summed E-state index contributed by atoms with van der Waals surface area (Å²) >= 11 is 5.25. The second kappa shape index (κ2) is 7.78. The lowest BCUT2D eigenvalue weighted by Crippen LogP contribution is -2.38. The number of nitrogens with zero attached hydrogens (tertiary/aromatic N) is 1. The van der Waals surface area contributed by atoms with Crippen molar-refractivity contribution < 1.29 is 0 Å². The Hall–Kier alpha value is -0.880. The van der Waals surface area contributed by atoms with Gasteiger partial charge in [0.05, 0.1) is 0 Å². The summed E-state index contributed by atoms with van der Waals surface area (Å²) < 4.78 is 0.997. The molecule has 0 radical (unpaired) electrons. The molecule has 106 valence electrons. The Kier molecular flexibility index (Phi) is 6.04. The predicted octanol–water partition coefficient (Wildman–Crippen LogP) is 3.32. The van der Waals surface area contributed by atoms with Gasteiger partial charge in [0.1, 0.15) is 0 Å². The van der Waals surface area contributed by atoms with Gasteiger partial charge in [0.15, 0.2) is 0 Å². The molecule has 5 heteroatoms. The SMILES string of the molecule is Cc1ccc(SCC(Cc2cncc(Br)c2)NN)cc1. The molecule has 1 atom stereocenters. The number of hydrogen-bond donors (Lipinski definition) is 2. The summed E-state index contributed by atoms with van der Waals surface area (Å²) in [4.78, 5) is 5.44. The van der Waals surface area contributed by atoms with Gasteiger partial charge in [-0.25, -0.2) is 0 Å². The number of pyridine rings is 1. The Morgan fingerprint density at radius 1 is 1.30 bits per heavy atom. The van der Waals surface area contributed by atoms with Gasteiger partial charge in [0.2, 0.25) is 0 Å². The molecule has 2 aromatic rings. The number of nitrogens with one attached hydrogen (secondary N) is 1. The largest absolute Gasteiger partial charge is 0.271 e. The summed E-state index contributed by atoms with van der Waals surface area (Å²) in [5.74, 6) is 6.57. The van der Waals surface area contributed by atoms with Crippen molar-refractivity contribution in [1.82, 2.24) is 10.4 Å². The smallest absolute Gasteiger partial charge is 0.0410 e. The second-order valence-corrected chi connectivity index (χ2v) is 6.71. The highest BCUT2D eigenvalue weighted by molar-refractivity contribution is 9.10. The molecule has 0 fully saturated rings. The van der Waals surface area contributed by atoms with Crippen LogP contribution in [0.1, 0.15) is 11.1 Å². The topological polar surface area (TPSA) is 50.9 Å². The van der Waals surface area contributed by atoms with Gasteiger partial charge in [-0.2, -0.15) is 0 Å². The predicted molar refractivity (Wildman–Crippen MR) is 88.7 cm³/mol. The van der Waals surface area contributed by atoms with Crippen molar-refractivity contribution in [3.8, 4) is 0 Å². The minimum atomic E-state index is 0.220. The third-order valence-electron chi connectivity index (χ3n) is 2.95. The highest BCUT2D eigenvalue weighted by Gasteiger charge is 2.09.